The van der Waals surface area contributed by atoms with Gasteiger partial charge in [-0.3, -0.25) is 0 Å². The fourth-order valence-corrected chi connectivity index (χ4v) is 1.67. The summed E-state index contributed by atoms with van der Waals surface area (Å²) < 4.78 is 28.7. The van der Waals surface area contributed by atoms with Crippen LogP contribution in [0.5, 0.6) is 0 Å². The average Bonchev–Trinajstić information content (AvgIpc) is 1.94. The lowest BCUT2D eigenvalue weighted by Crippen LogP contribution is -2.47. The van der Waals surface area contributed by atoms with Gasteiger partial charge in [-0.15, -0.1) is 0 Å². The van der Waals surface area contributed by atoms with Crippen LogP contribution in [-0.4, -0.2) is 58.4 Å². The molecular formula is C7H16N2O3S. The lowest BCUT2D eigenvalue weighted by atomic mass is 10.3. The molecular weight excluding hydrogens is 192 g/mol. The normalized spacial score (nSPS) is 19.0. The Bertz CT molecular complexity index is 246. The van der Waals surface area contributed by atoms with Gasteiger partial charge in [-0.05, 0) is 0 Å². The molecule has 0 atom stereocenters. The van der Waals surface area contributed by atoms with E-state index in [4.69, 9.17) is 4.74 Å². The molecule has 0 aromatic heterocycles. The molecule has 1 aliphatic heterocycles. The second-order valence-corrected chi connectivity index (χ2v) is 5.59. The minimum Gasteiger partial charge on any atom is -0.378 e. The zero-order chi connectivity index (χ0) is 9.90. The van der Waals surface area contributed by atoms with Crippen LogP contribution in [0.3, 0.4) is 0 Å². The van der Waals surface area contributed by atoms with Crippen LogP contribution in [0, 0.1) is 0 Å². The van der Waals surface area contributed by atoms with Gasteiger partial charge in [0.2, 0.25) is 10.0 Å². The van der Waals surface area contributed by atoms with Gasteiger partial charge < -0.3 is 10.1 Å². The van der Waals surface area contributed by atoms with E-state index in [0.29, 0.717) is 25.8 Å². The summed E-state index contributed by atoms with van der Waals surface area (Å²) >= 11 is 0. The molecule has 1 N–H and O–H groups in total. The second kappa shape index (κ2) is 4.36. The fraction of sp³-hybridized carbons (Fsp3) is 1.00. The molecule has 1 heterocycles. The Kier molecular flexibility index (Phi) is 3.66. The average molecular weight is 208 g/mol. The van der Waals surface area contributed by atoms with Crippen molar-refractivity contribution in [2.24, 2.45) is 0 Å². The van der Waals surface area contributed by atoms with E-state index in [1.165, 1.54) is 4.31 Å². The summed E-state index contributed by atoms with van der Waals surface area (Å²) in [5.74, 6) is 0.149. The Balaban J connectivity index is 2.17. The maximum absolute atomic E-state index is 11.3. The molecule has 1 saturated heterocycles. The molecule has 5 nitrogen and oxygen atoms in total. The molecule has 1 aliphatic rings. The zero-order valence-corrected chi connectivity index (χ0v) is 8.80. The van der Waals surface area contributed by atoms with Crippen LogP contribution in [0.15, 0.2) is 0 Å². The van der Waals surface area contributed by atoms with Gasteiger partial charge in [-0.25, -0.2) is 12.7 Å². The number of nitrogens with one attached hydrogen (secondary N) is 1. The lowest BCUT2D eigenvalue weighted by molar-refractivity contribution is -0.00412. The Morgan fingerprint density at radius 3 is 2.46 bits per heavy atom. The van der Waals surface area contributed by atoms with Crippen molar-refractivity contribution in [1.29, 1.82) is 0 Å². The van der Waals surface area contributed by atoms with Gasteiger partial charge in [-0.2, -0.15) is 0 Å². The quantitative estimate of drug-likeness (QED) is 0.621. The minimum absolute atomic E-state index is 0.149. The molecule has 0 radical (unpaired) electrons. The molecule has 0 saturated carbocycles. The Morgan fingerprint density at radius 1 is 1.46 bits per heavy atom. The van der Waals surface area contributed by atoms with Crippen molar-refractivity contribution in [3.8, 4) is 0 Å². The monoisotopic (exact) mass is 208 g/mol. The first-order chi connectivity index (χ1) is 6.02. The van der Waals surface area contributed by atoms with Crippen LogP contribution in [0.25, 0.3) is 0 Å². The summed E-state index contributed by atoms with van der Waals surface area (Å²) in [5.41, 5.74) is 0. The Hall–Kier alpha value is -0.170. The third-order valence-electron chi connectivity index (χ3n) is 1.99. The van der Waals surface area contributed by atoms with E-state index in [2.05, 4.69) is 5.32 Å². The standard InChI is InChI=1S/C7H16N2O3S/c1-9(2)13(10,11)4-3-8-7-5-12-6-7/h7-8H,3-6H2,1-2H3. The summed E-state index contributed by atoms with van der Waals surface area (Å²) in [7, 11) is 0.0389. The SMILES string of the molecule is CN(C)S(=O)(=O)CCNC1COC1. The summed E-state index contributed by atoms with van der Waals surface area (Å²) in [4.78, 5) is 0. The molecule has 0 amide bonds. The van der Waals surface area contributed by atoms with Gasteiger partial charge in [-0.1, -0.05) is 0 Å². The first-order valence-electron chi connectivity index (χ1n) is 4.24. The number of nitrogens with zero attached hydrogens (tertiary/aromatic N) is 1. The third-order valence-corrected chi connectivity index (χ3v) is 3.82. The highest BCUT2D eigenvalue weighted by Crippen LogP contribution is 1.99. The van der Waals surface area contributed by atoms with Crippen LogP contribution in [-0.2, 0) is 14.8 Å². The van der Waals surface area contributed by atoms with E-state index in [9.17, 15) is 8.42 Å². The van der Waals surface area contributed by atoms with E-state index in [-0.39, 0.29) is 5.75 Å². The zero-order valence-electron chi connectivity index (χ0n) is 7.99. The van der Waals surface area contributed by atoms with Crippen molar-refractivity contribution in [3.63, 3.8) is 0 Å². The highest BCUT2D eigenvalue weighted by molar-refractivity contribution is 7.89. The number of ether oxygens (including phenoxy) is 1. The minimum atomic E-state index is -3.05. The van der Waals surface area contributed by atoms with Crippen molar-refractivity contribution >= 4 is 10.0 Å². The van der Waals surface area contributed by atoms with Crippen molar-refractivity contribution in [3.05, 3.63) is 0 Å². The molecule has 1 fully saturated rings. The Labute approximate surface area is 79.1 Å². The van der Waals surface area contributed by atoms with Gasteiger partial charge in [0.1, 0.15) is 0 Å². The van der Waals surface area contributed by atoms with Crippen LogP contribution in [0.2, 0.25) is 0 Å². The van der Waals surface area contributed by atoms with E-state index in [1.54, 1.807) is 14.1 Å². The lowest BCUT2D eigenvalue weighted by Gasteiger charge is -2.27. The van der Waals surface area contributed by atoms with Crippen LogP contribution in [0.4, 0.5) is 0 Å². The Morgan fingerprint density at radius 2 is 2.08 bits per heavy atom. The van der Waals surface area contributed by atoms with Gasteiger partial charge in [0, 0.05) is 20.6 Å². The van der Waals surface area contributed by atoms with Gasteiger partial charge in [0.15, 0.2) is 0 Å². The van der Waals surface area contributed by atoms with E-state index >= 15 is 0 Å². The topological polar surface area (TPSA) is 58.6 Å². The largest absolute Gasteiger partial charge is 0.378 e. The molecule has 0 aliphatic carbocycles. The molecule has 0 aromatic rings. The van der Waals surface area contributed by atoms with Crippen molar-refractivity contribution in [2.75, 3.05) is 39.6 Å². The van der Waals surface area contributed by atoms with Crippen molar-refractivity contribution in [2.45, 2.75) is 6.04 Å². The maximum Gasteiger partial charge on any atom is 0.214 e. The summed E-state index contributed by atoms with van der Waals surface area (Å²) in [6.45, 7) is 1.89. The summed E-state index contributed by atoms with van der Waals surface area (Å²) in [6.07, 6.45) is 0. The summed E-state index contributed by atoms with van der Waals surface area (Å²) in [5, 5.41) is 3.10. The molecule has 0 bridgehead atoms. The van der Waals surface area contributed by atoms with E-state index in [1.807, 2.05) is 0 Å². The smallest absolute Gasteiger partial charge is 0.214 e. The number of sulfonamides is 1. The number of hydrogen-bond acceptors (Lipinski definition) is 4. The molecule has 0 spiro atoms. The van der Waals surface area contributed by atoms with Crippen molar-refractivity contribution < 1.29 is 13.2 Å². The van der Waals surface area contributed by atoms with Gasteiger partial charge >= 0.3 is 0 Å². The van der Waals surface area contributed by atoms with Crippen molar-refractivity contribution in [1.82, 2.24) is 9.62 Å². The predicted octanol–water partition coefficient (Wildman–Crippen LogP) is -1.13. The molecule has 13 heavy (non-hydrogen) atoms. The van der Waals surface area contributed by atoms with Crippen LogP contribution in [0.1, 0.15) is 0 Å². The highest BCUT2D eigenvalue weighted by atomic mass is 32.2. The van der Waals surface area contributed by atoms with E-state index in [0.717, 1.165) is 0 Å². The van der Waals surface area contributed by atoms with Crippen LogP contribution >= 0.6 is 0 Å². The summed E-state index contributed by atoms with van der Waals surface area (Å²) in [6, 6.07) is 0.345. The molecule has 0 unspecified atom stereocenters. The maximum atomic E-state index is 11.3. The fourth-order valence-electron chi connectivity index (χ4n) is 0.928. The van der Waals surface area contributed by atoms with Gasteiger partial charge in [0.05, 0.1) is 25.0 Å². The third kappa shape index (κ3) is 3.22. The van der Waals surface area contributed by atoms with Crippen LogP contribution < -0.4 is 5.32 Å². The predicted molar refractivity (Wildman–Crippen MR) is 50.1 cm³/mol. The molecule has 1 rings (SSSR count). The highest BCUT2D eigenvalue weighted by Gasteiger charge is 2.19. The number of rotatable bonds is 5. The number of hydrogen-bond donors (Lipinski definition) is 1. The van der Waals surface area contributed by atoms with Gasteiger partial charge in [0.25, 0.3) is 0 Å². The molecule has 78 valence electrons. The first kappa shape index (κ1) is 10.9. The first-order valence-corrected chi connectivity index (χ1v) is 5.84. The molecule has 6 heteroatoms. The van der Waals surface area contributed by atoms with E-state index < -0.39 is 10.0 Å². The second-order valence-electron chi connectivity index (χ2n) is 3.29. The molecule has 0 aromatic carbocycles.